The normalized spacial score (nSPS) is 9.93. The first-order valence-corrected chi connectivity index (χ1v) is 3.95. The molecule has 1 aromatic heterocycles. The molecule has 0 radical (unpaired) electrons. The van der Waals surface area contributed by atoms with E-state index in [0.717, 1.165) is 0 Å². The van der Waals surface area contributed by atoms with E-state index in [2.05, 4.69) is 9.84 Å². The number of carbonyl (C=O) groups is 2. The van der Waals surface area contributed by atoms with Crippen LogP contribution in [-0.2, 0) is 11.8 Å². The number of methoxy groups -OCH3 is 1. The van der Waals surface area contributed by atoms with Gasteiger partial charge >= 0.3 is 5.97 Å². The minimum atomic E-state index is -0.573. The molecule has 6 nitrogen and oxygen atoms in total. The quantitative estimate of drug-likeness (QED) is 0.513. The van der Waals surface area contributed by atoms with Gasteiger partial charge in [0.15, 0.2) is 11.5 Å². The Kier molecular flexibility index (Phi) is 2.98. The number of carbonyl (C=O) groups excluding carboxylic acids is 2. The van der Waals surface area contributed by atoms with Crippen molar-refractivity contribution in [1.82, 2.24) is 9.78 Å². The molecule has 0 fully saturated rings. The van der Waals surface area contributed by atoms with Crippen molar-refractivity contribution in [2.45, 2.75) is 0 Å². The molecular weight excluding hydrogens is 186 g/mol. The van der Waals surface area contributed by atoms with Crippen LogP contribution >= 0.6 is 0 Å². The zero-order valence-corrected chi connectivity index (χ0v) is 7.98. The van der Waals surface area contributed by atoms with Crippen LogP contribution in [0, 0.1) is 0 Å². The average Bonchev–Trinajstić information content (AvgIpc) is 2.58. The third-order valence-corrected chi connectivity index (χ3v) is 1.75. The summed E-state index contributed by atoms with van der Waals surface area (Å²) in [5.41, 5.74) is 5.59. The number of ketones is 1. The molecule has 0 amide bonds. The van der Waals surface area contributed by atoms with Crippen molar-refractivity contribution in [3.8, 4) is 0 Å². The Morgan fingerprint density at radius 1 is 1.64 bits per heavy atom. The van der Waals surface area contributed by atoms with Crippen molar-refractivity contribution in [1.29, 1.82) is 0 Å². The minimum absolute atomic E-state index is 0.104. The number of Topliss-reactive ketones (excluding diaryl/α,β-unsaturated/α-hetero) is 1. The summed E-state index contributed by atoms with van der Waals surface area (Å²) >= 11 is 0. The molecular formula is C8H11N3O3. The maximum absolute atomic E-state index is 11.2. The Hall–Kier alpha value is -1.69. The van der Waals surface area contributed by atoms with Gasteiger partial charge in [-0.15, -0.1) is 0 Å². The lowest BCUT2D eigenvalue weighted by Crippen LogP contribution is -2.16. The second kappa shape index (κ2) is 4.01. The van der Waals surface area contributed by atoms with E-state index in [1.807, 2.05) is 0 Å². The number of esters is 1. The zero-order chi connectivity index (χ0) is 10.7. The Bertz CT molecular complexity index is 370. The smallest absolute Gasteiger partial charge is 0.358 e. The van der Waals surface area contributed by atoms with E-state index in [0.29, 0.717) is 5.69 Å². The van der Waals surface area contributed by atoms with E-state index in [-0.39, 0.29) is 18.0 Å². The maximum Gasteiger partial charge on any atom is 0.358 e. The van der Waals surface area contributed by atoms with Gasteiger partial charge in [-0.2, -0.15) is 5.10 Å². The predicted octanol–water partition coefficient (Wildman–Crippen LogP) is -0.652. The standard InChI is InChI=1S/C8H11N3O3/c1-11-6(7(12)4-9)3-5(10-11)8(13)14-2/h3H,4,9H2,1-2H3. The molecule has 2 N–H and O–H groups in total. The third kappa shape index (κ3) is 1.80. The Balaban J connectivity index is 3.05. The summed E-state index contributed by atoms with van der Waals surface area (Å²) in [6.07, 6.45) is 0. The van der Waals surface area contributed by atoms with Crippen LogP contribution in [-0.4, -0.2) is 35.2 Å². The number of rotatable bonds is 3. The topological polar surface area (TPSA) is 87.2 Å². The molecule has 0 saturated carbocycles. The molecule has 0 bridgehead atoms. The minimum Gasteiger partial charge on any atom is -0.464 e. The maximum atomic E-state index is 11.2. The van der Waals surface area contributed by atoms with Crippen LogP contribution in [0.25, 0.3) is 0 Å². The van der Waals surface area contributed by atoms with Gasteiger partial charge in [0, 0.05) is 13.1 Å². The second-order valence-corrected chi connectivity index (χ2v) is 2.66. The monoisotopic (exact) mass is 197 g/mol. The Morgan fingerprint density at radius 2 is 2.29 bits per heavy atom. The third-order valence-electron chi connectivity index (χ3n) is 1.75. The summed E-state index contributed by atoms with van der Waals surface area (Å²) in [4.78, 5) is 22.3. The summed E-state index contributed by atoms with van der Waals surface area (Å²) in [6.45, 7) is -0.111. The molecule has 14 heavy (non-hydrogen) atoms. The number of nitrogens with two attached hydrogens (primary N) is 1. The largest absolute Gasteiger partial charge is 0.464 e. The van der Waals surface area contributed by atoms with Crippen molar-refractivity contribution in [2.24, 2.45) is 12.8 Å². The van der Waals surface area contributed by atoms with Crippen molar-refractivity contribution in [3.63, 3.8) is 0 Å². The molecule has 1 aromatic rings. The highest BCUT2D eigenvalue weighted by Gasteiger charge is 2.16. The molecule has 0 saturated heterocycles. The lowest BCUT2D eigenvalue weighted by atomic mass is 10.2. The number of hydrogen-bond acceptors (Lipinski definition) is 5. The zero-order valence-electron chi connectivity index (χ0n) is 7.98. The fraction of sp³-hybridized carbons (Fsp3) is 0.375. The van der Waals surface area contributed by atoms with E-state index >= 15 is 0 Å². The van der Waals surface area contributed by atoms with Gasteiger partial charge in [0.05, 0.1) is 13.7 Å². The van der Waals surface area contributed by atoms with Crippen LogP contribution in [0.15, 0.2) is 6.07 Å². The van der Waals surface area contributed by atoms with Gasteiger partial charge in [-0.1, -0.05) is 0 Å². The number of ether oxygens (including phenoxy) is 1. The van der Waals surface area contributed by atoms with Crippen molar-refractivity contribution in [2.75, 3.05) is 13.7 Å². The molecule has 0 aromatic carbocycles. The van der Waals surface area contributed by atoms with Crippen molar-refractivity contribution < 1.29 is 14.3 Å². The van der Waals surface area contributed by atoms with Gasteiger partial charge in [0.1, 0.15) is 5.69 Å². The van der Waals surface area contributed by atoms with Crippen LogP contribution in [0.5, 0.6) is 0 Å². The van der Waals surface area contributed by atoms with Crippen LogP contribution in [0.4, 0.5) is 0 Å². The second-order valence-electron chi connectivity index (χ2n) is 2.66. The van der Waals surface area contributed by atoms with Gasteiger partial charge in [-0.25, -0.2) is 4.79 Å². The fourth-order valence-electron chi connectivity index (χ4n) is 1.04. The molecule has 0 atom stereocenters. The summed E-state index contributed by atoms with van der Waals surface area (Å²) in [5.74, 6) is -0.841. The molecule has 1 rings (SSSR count). The Labute approximate surface area is 80.6 Å². The van der Waals surface area contributed by atoms with Crippen LogP contribution in [0.1, 0.15) is 21.0 Å². The predicted molar refractivity (Wildman–Crippen MR) is 47.9 cm³/mol. The summed E-state index contributed by atoms with van der Waals surface area (Å²) in [7, 11) is 2.82. The molecule has 76 valence electrons. The molecule has 0 unspecified atom stereocenters. The first kappa shape index (κ1) is 10.4. The molecule has 6 heteroatoms. The molecule has 0 aliphatic rings. The summed E-state index contributed by atoms with van der Waals surface area (Å²) < 4.78 is 5.77. The first-order chi connectivity index (χ1) is 6.60. The van der Waals surface area contributed by atoms with Gasteiger partial charge < -0.3 is 10.5 Å². The number of aryl methyl sites for hydroxylation is 1. The van der Waals surface area contributed by atoms with Gasteiger partial charge in [0.25, 0.3) is 0 Å². The first-order valence-electron chi connectivity index (χ1n) is 3.95. The highest BCUT2D eigenvalue weighted by molar-refractivity contribution is 5.98. The molecule has 0 spiro atoms. The van der Waals surface area contributed by atoms with E-state index in [9.17, 15) is 9.59 Å². The van der Waals surface area contributed by atoms with Crippen LogP contribution < -0.4 is 5.73 Å². The van der Waals surface area contributed by atoms with Gasteiger partial charge in [-0.05, 0) is 0 Å². The van der Waals surface area contributed by atoms with E-state index in [1.54, 1.807) is 7.05 Å². The molecule has 0 aliphatic heterocycles. The number of nitrogens with zero attached hydrogens (tertiary/aromatic N) is 2. The fourth-order valence-corrected chi connectivity index (χ4v) is 1.04. The van der Waals surface area contributed by atoms with Crippen molar-refractivity contribution in [3.05, 3.63) is 17.5 Å². The van der Waals surface area contributed by atoms with Crippen LogP contribution in [0.3, 0.4) is 0 Å². The average molecular weight is 197 g/mol. The highest BCUT2D eigenvalue weighted by Crippen LogP contribution is 2.04. The van der Waals surface area contributed by atoms with Crippen molar-refractivity contribution >= 4 is 11.8 Å². The Morgan fingerprint density at radius 3 is 2.79 bits per heavy atom. The number of aromatic nitrogens is 2. The number of hydrogen-bond donors (Lipinski definition) is 1. The van der Waals surface area contributed by atoms with E-state index in [4.69, 9.17) is 5.73 Å². The van der Waals surface area contributed by atoms with E-state index in [1.165, 1.54) is 17.9 Å². The van der Waals surface area contributed by atoms with E-state index < -0.39 is 5.97 Å². The SMILES string of the molecule is COC(=O)c1cc(C(=O)CN)n(C)n1. The lowest BCUT2D eigenvalue weighted by Gasteiger charge is -1.95. The summed E-state index contributed by atoms with van der Waals surface area (Å²) in [5, 5.41) is 3.82. The van der Waals surface area contributed by atoms with Gasteiger partial charge in [0.2, 0.25) is 0 Å². The van der Waals surface area contributed by atoms with Gasteiger partial charge in [-0.3, -0.25) is 9.48 Å². The molecule has 0 aliphatic carbocycles. The lowest BCUT2D eigenvalue weighted by molar-refractivity contribution is 0.0593. The highest BCUT2D eigenvalue weighted by atomic mass is 16.5. The summed E-state index contributed by atoms with van der Waals surface area (Å²) in [6, 6.07) is 1.36. The molecule has 1 heterocycles. The van der Waals surface area contributed by atoms with Crippen LogP contribution in [0.2, 0.25) is 0 Å².